The maximum Gasteiger partial charge on any atom is 0.243 e. The number of rotatable bonds is 5. The number of anilines is 2. The molecule has 0 aliphatic carbocycles. The van der Waals surface area contributed by atoms with Gasteiger partial charge in [0.25, 0.3) is 0 Å². The third-order valence-corrected chi connectivity index (χ3v) is 8.36. The molecule has 0 bridgehead atoms. The van der Waals surface area contributed by atoms with E-state index in [4.69, 9.17) is 0 Å². The zero-order valence-corrected chi connectivity index (χ0v) is 20.4. The topological polar surface area (TPSA) is 90.7 Å². The first-order chi connectivity index (χ1) is 16.4. The van der Waals surface area contributed by atoms with Crippen molar-refractivity contribution >= 4 is 21.7 Å². The predicted octanol–water partition coefficient (Wildman–Crippen LogP) is 1.23. The molecule has 2 aromatic heterocycles. The van der Waals surface area contributed by atoms with E-state index in [2.05, 4.69) is 36.8 Å². The van der Waals surface area contributed by atoms with Gasteiger partial charge in [0.15, 0.2) is 0 Å². The molecule has 34 heavy (non-hydrogen) atoms. The van der Waals surface area contributed by atoms with E-state index in [0.29, 0.717) is 31.1 Å². The van der Waals surface area contributed by atoms with E-state index in [9.17, 15) is 8.42 Å². The Bertz CT molecular complexity index is 1210. The van der Waals surface area contributed by atoms with Crippen molar-refractivity contribution in [1.82, 2.24) is 29.0 Å². The first-order valence-corrected chi connectivity index (χ1v) is 13.0. The fourth-order valence-electron chi connectivity index (χ4n) is 4.40. The lowest BCUT2D eigenvalue weighted by Gasteiger charge is -2.36. The molecule has 1 aromatic carbocycles. The van der Waals surface area contributed by atoms with Crippen LogP contribution in [-0.2, 0) is 10.0 Å². The number of hydrogen-bond donors (Lipinski definition) is 0. The third-order valence-electron chi connectivity index (χ3n) is 6.44. The summed E-state index contributed by atoms with van der Waals surface area (Å²) in [7, 11) is -1.43. The van der Waals surface area contributed by atoms with Crippen LogP contribution in [0.5, 0.6) is 0 Å². The monoisotopic (exact) mass is 482 g/mol. The molecule has 2 fully saturated rings. The summed E-state index contributed by atoms with van der Waals surface area (Å²) in [6.45, 7) is 7.82. The van der Waals surface area contributed by atoms with Crippen molar-refractivity contribution in [3.8, 4) is 5.69 Å². The molecule has 5 rings (SSSR count). The van der Waals surface area contributed by atoms with Crippen molar-refractivity contribution in [3.63, 3.8) is 0 Å². The third kappa shape index (κ3) is 4.63. The highest BCUT2D eigenvalue weighted by Gasteiger charge is 2.29. The van der Waals surface area contributed by atoms with Crippen LogP contribution in [0.1, 0.15) is 5.82 Å². The lowest BCUT2D eigenvalue weighted by molar-refractivity contribution is 0.312. The van der Waals surface area contributed by atoms with Crippen molar-refractivity contribution in [2.24, 2.45) is 0 Å². The summed E-state index contributed by atoms with van der Waals surface area (Å²) < 4.78 is 29.7. The number of benzene rings is 1. The minimum Gasteiger partial charge on any atom is -0.354 e. The molecule has 0 unspecified atom stereocenters. The number of nitrogens with zero attached hydrogens (tertiary/aromatic N) is 8. The molecular weight excluding hydrogens is 452 g/mol. The van der Waals surface area contributed by atoms with Crippen molar-refractivity contribution in [1.29, 1.82) is 0 Å². The predicted molar refractivity (Wildman–Crippen MR) is 131 cm³/mol. The Morgan fingerprint density at radius 1 is 0.824 bits per heavy atom. The van der Waals surface area contributed by atoms with E-state index in [1.54, 1.807) is 39.4 Å². The summed E-state index contributed by atoms with van der Waals surface area (Å²) in [6, 6.07) is 10.7. The zero-order chi connectivity index (χ0) is 23.7. The normalized spacial score (nSPS) is 18.4. The van der Waals surface area contributed by atoms with Gasteiger partial charge in [0.05, 0.1) is 10.6 Å². The highest BCUT2D eigenvalue weighted by molar-refractivity contribution is 7.89. The highest BCUT2D eigenvalue weighted by Crippen LogP contribution is 2.24. The van der Waals surface area contributed by atoms with Crippen LogP contribution in [0.25, 0.3) is 5.69 Å². The fraction of sp³-hybridized carbons (Fsp3) is 0.435. The molecule has 2 aliphatic heterocycles. The molecule has 180 valence electrons. The molecule has 2 saturated heterocycles. The zero-order valence-electron chi connectivity index (χ0n) is 19.6. The van der Waals surface area contributed by atoms with Crippen LogP contribution in [0, 0.1) is 6.92 Å². The van der Waals surface area contributed by atoms with Crippen LogP contribution in [0.4, 0.5) is 11.6 Å². The number of sulfonamides is 1. The second kappa shape index (κ2) is 9.32. The Morgan fingerprint density at radius 3 is 1.97 bits per heavy atom. The van der Waals surface area contributed by atoms with Gasteiger partial charge in [0, 0.05) is 70.8 Å². The Kier molecular flexibility index (Phi) is 6.24. The van der Waals surface area contributed by atoms with E-state index < -0.39 is 10.0 Å². The lowest BCUT2D eigenvalue weighted by Crippen LogP contribution is -2.49. The molecule has 0 radical (unpaired) electrons. The Morgan fingerprint density at radius 2 is 1.41 bits per heavy atom. The van der Waals surface area contributed by atoms with Crippen LogP contribution in [0.3, 0.4) is 0 Å². The van der Waals surface area contributed by atoms with Gasteiger partial charge in [0.2, 0.25) is 10.0 Å². The number of likely N-dealkylation sites (N-methyl/N-ethyl adjacent to an activating group) is 1. The minimum atomic E-state index is -3.56. The first kappa shape index (κ1) is 22.8. The quantitative estimate of drug-likeness (QED) is 0.537. The lowest BCUT2D eigenvalue weighted by atomic mass is 10.3. The van der Waals surface area contributed by atoms with E-state index in [0.717, 1.165) is 49.3 Å². The second-order valence-corrected chi connectivity index (χ2v) is 10.7. The second-order valence-electron chi connectivity index (χ2n) is 8.76. The van der Waals surface area contributed by atoms with Gasteiger partial charge < -0.3 is 14.7 Å². The average Bonchev–Trinajstić information content (AvgIpc) is 3.39. The van der Waals surface area contributed by atoms with Crippen molar-refractivity contribution in [2.45, 2.75) is 11.8 Å². The standard InChI is InChI=1S/C23H30N8O2S/c1-19-25-22(28-12-10-27(2)11-13-28)18-23(26-19)29-14-16-30(17-15-29)34(32,33)21-6-4-20(5-7-21)31-9-3-8-24-31/h3-9,18H,10-17H2,1-2H3. The molecule has 4 heterocycles. The fourth-order valence-corrected chi connectivity index (χ4v) is 5.82. The van der Waals surface area contributed by atoms with Gasteiger partial charge in [-0.15, -0.1) is 0 Å². The molecule has 11 heteroatoms. The summed E-state index contributed by atoms with van der Waals surface area (Å²) in [6.07, 6.45) is 3.52. The largest absolute Gasteiger partial charge is 0.354 e. The Labute approximate surface area is 200 Å². The summed E-state index contributed by atoms with van der Waals surface area (Å²) in [5.74, 6) is 2.55. The van der Waals surface area contributed by atoms with Crippen LogP contribution in [0.15, 0.2) is 53.7 Å². The molecule has 0 spiro atoms. The molecule has 10 nitrogen and oxygen atoms in total. The van der Waals surface area contributed by atoms with Crippen molar-refractivity contribution < 1.29 is 8.42 Å². The summed E-state index contributed by atoms with van der Waals surface area (Å²) in [5.41, 5.74) is 0.823. The van der Waals surface area contributed by atoms with E-state index in [1.165, 1.54) is 0 Å². The molecule has 0 saturated carbocycles. The van der Waals surface area contributed by atoms with Gasteiger partial charge in [-0.05, 0) is 44.3 Å². The van der Waals surface area contributed by atoms with Crippen LogP contribution < -0.4 is 9.80 Å². The van der Waals surface area contributed by atoms with Gasteiger partial charge in [0.1, 0.15) is 17.5 Å². The van der Waals surface area contributed by atoms with Crippen LogP contribution >= 0.6 is 0 Å². The number of piperazine rings is 2. The van der Waals surface area contributed by atoms with Gasteiger partial charge in [-0.3, -0.25) is 0 Å². The number of aromatic nitrogens is 4. The van der Waals surface area contributed by atoms with Gasteiger partial charge in [-0.1, -0.05) is 0 Å². The summed E-state index contributed by atoms with van der Waals surface area (Å²) >= 11 is 0. The SMILES string of the molecule is Cc1nc(N2CCN(C)CC2)cc(N2CCN(S(=O)(=O)c3ccc(-n4cccn4)cc3)CC2)n1. The maximum atomic E-state index is 13.2. The van der Waals surface area contributed by atoms with Crippen molar-refractivity contribution in [2.75, 3.05) is 69.2 Å². The molecule has 0 amide bonds. The Hall–Kier alpha value is -3.02. The smallest absolute Gasteiger partial charge is 0.243 e. The average molecular weight is 483 g/mol. The maximum absolute atomic E-state index is 13.2. The van der Waals surface area contributed by atoms with Crippen LogP contribution in [0.2, 0.25) is 0 Å². The van der Waals surface area contributed by atoms with Crippen LogP contribution in [-0.4, -0.2) is 96.8 Å². The number of aryl methyl sites for hydroxylation is 1. The molecular formula is C23H30N8O2S. The summed E-state index contributed by atoms with van der Waals surface area (Å²) in [5, 5.41) is 4.19. The molecule has 3 aromatic rings. The molecule has 0 N–H and O–H groups in total. The van der Waals surface area contributed by atoms with Gasteiger partial charge in [-0.25, -0.2) is 23.1 Å². The molecule has 0 atom stereocenters. The van der Waals surface area contributed by atoms with Gasteiger partial charge >= 0.3 is 0 Å². The van der Waals surface area contributed by atoms with Crippen molar-refractivity contribution in [3.05, 3.63) is 54.6 Å². The minimum absolute atomic E-state index is 0.298. The number of hydrogen-bond acceptors (Lipinski definition) is 8. The molecule has 2 aliphatic rings. The van der Waals surface area contributed by atoms with E-state index in [-0.39, 0.29) is 0 Å². The van der Waals surface area contributed by atoms with E-state index >= 15 is 0 Å². The Balaban J connectivity index is 1.26. The highest BCUT2D eigenvalue weighted by atomic mass is 32.2. The van der Waals surface area contributed by atoms with E-state index in [1.807, 2.05) is 25.3 Å². The summed E-state index contributed by atoms with van der Waals surface area (Å²) in [4.78, 5) is 16.4. The van der Waals surface area contributed by atoms with Gasteiger partial charge in [-0.2, -0.15) is 9.40 Å². The first-order valence-electron chi connectivity index (χ1n) is 11.5.